The Kier molecular flexibility index (Phi) is 4.36. The van der Waals surface area contributed by atoms with Crippen molar-refractivity contribution in [3.8, 4) is 0 Å². The number of aliphatic imine (C=N–C) groups is 1. The van der Waals surface area contributed by atoms with E-state index in [1.807, 2.05) is 0 Å². The first-order valence-corrected chi connectivity index (χ1v) is 5.13. The van der Waals surface area contributed by atoms with Crippen molar-refractivity contribution in [3.05, 3.63) is 0 Å². The van der Waals surface area contributed by atoms with Crippen LogP contribution in [0.15, 0.2) is 4.99 Å². The highest BCUT2D eigenvalue weighted by atomic mass is 16.3. The van der Waals surface area contributed by atoms with Crippen LogP contribution < -0.4 is 16.8 Å². The van der Waals surface area contributed by atoms with Gasteiger partial charge in [-0.1, -0.05) is 12.8 Å². The van der Waals surface area contributed by atoms with Gasteiger partial charge in [0.25, 0.3) is 0 Å². The van der Waals surface area contributed by atoms with Crippen LogP contribution in [0.1, 0.15) is 25.7 Å². The van der Waals surface area contributed by atoms with Crippen LogP contribution in [0.25, 0.3) is 0 Å². The van der Waals surface area contributed by atoms with Crippen molar-refractivity contribution < 1.29 is 9.90 Å². The summed E-state index contributed by atoms with van der Waals surface area (Å²) in [6.45, 7) is -0.0825. The largest absolute Gasteiger partial charge is 0.381 e. The SMILES string of the molecule is NC(=O)C(O)CN=C(N)NC1CCCC1. The number of amides is 1. The Hall–Kier alpha value is -1.30. The van der Waals surface area contributed by atoms with Crippen LogP contribution in [0.2, 0.25) is 0 Å². The third kappa shape index (κ3) is 4.16. The highest BCUT2D eigenvalue weighted by Crippen LogP contribution is 2.17. The van der Waals surface area contributed by atoms with Crippen molar-refractivity contribution in [2.45, 2.75) is 37.8 Å². The maximum atomic E-state index is 10.5. The summed E-state index contributed by atoms with van der Waals surface area (Å²) in [5.41, 5.74) is 10.4. The van der Waals surface area contributed by atoms with Gasteiger partial charge >= 0.3 is 0 Å². The Labute approximate surface area is 88.7 Å². The predicted molar refractivity (Wildman–Crippen MR) is 57.1 cm³/mol. The fourth-order valence-electron chi connectivity index (χ4n) is 1.60. The second kappa shape index (κ2) is 5.55. The topological polar surface area (TPSA) is 114 Å². The quantitative estimate of drug-likeness (QED) is 0.343. The van der Waals surface area contributed by atoms with E-state index in [2.05, 4.69) is 10.3 Å². The summed E-state index contributed by atoms with van der Waals surface area (Å²) < 4.78 is 0. The smallest absolute Gasteiger partial charge is 0.248 e. The van der Waals surface area contributed by atoms with Gasteiger partial charge in [-0.15, -0.1) is 0 Å². The fourth-order valence-corrected chi connectivity index (χ4v) is 1.60. The molecule has 1 aliphatic carbocycles. The summed E-state index contributed by atoms with van der Waals surface area (Å²) in [6, 6.07) is 0.375. The van der Waals surface area contributed by atoms with Crippen LogP contribution in [0.4, 0.5) is 0 Å². The fraction of sp³-hybridized carbons (Fsp3) is 0.778. The number of carbonyl (C=O) groups excluding carboxylic acids is 1. The van der Waals surface area contributed by atoms with Crippen LogP contribution in [-0.4, -0.2) is 35.7 Å². The van der Waals surface area contributed by atoms with E-state index in [-0.39, 0.29) is 12.5 Å². The first kappa shape index (κ1) is 11.8. The molecule has 0 radical (unpaired) electrons. The monoisotopic (exact) mass is 214 g/mol. The van der Waals surface area contributed by atoms with Crippen molar-refractivity contribution in [3.63, 3.8) is 0 Å². The number of nitrogens with two attached hydrogens (primary N) is 2. The number of primary amides is 1. The minimum absolute atomic E-state index is 0.0825. The molecule has 0 aromatic carbocycles. The second-order valence-corrected chi connectivity index (χ2v) is 3.77. The summed E-state index contributed by atoms with van der Waals surface area (Å²) in [7, 11) is 0. The van der Waals surface area contributed by atoms with Gasteiger partial charge in [0, 0.05) is 6.04 Å². The lowest BCUT2D eigenvalue weighted by molar-refractivity contribution is -0.125. The van der Waals surface area contributed by atoms with E-state index in [4.69, 9.17) is 16.6 Å². The van der Waals surface area contributed by atoms with Gasteiger partial charge in [0.05, 0.1) is 6.54 Å². The highest BCUT2D eigenvalue weighted by Gasteiger charge is 2.15. The molecule has 1 rings (SSSR count). The van der Waals surface area contributed by atoms with Crippen LogP contribution in [-0.2, 0) is 4.79 Å². The summed E-state index contributed by atoms with van der Waals surface area (Å²) in [6.07, 6.45) is 3.33. The zero-order valence-electron chi connectivity index (χ0n) is 8.65. The van der Waals surface area contributed by atoms with Gasteiger partial charge in [-0.05, 0) is 12.8 Å². The van der Waals surface area contributed by atoms with Gasteiger partial charge in [-0.3, -0.25) is 9.79 Å². The number of carbonyl (C=O) groups is 1. The van der Waals surface area contributed by atoms with Crippen LogP contribution in [0, 0.1) is 0 Å². The lowest BCUT2D eigenvalue weighted by atomic mass is 10.2. The van der Waals surface area contributed by atoms with Crippen molar-refractivity contribution in [2.24, 2.45) is 16.5 Å². The molecule has 0 saturated heterocycles. The molecule has 1 amide bonds. The molecule has 86 valence electrons. The standard InChI is InChI=1S/C9H18N4O2/c10-8(15)7(14)5-12-9(11)13-6-3-1-2-4-6/h6-7,14H,1-5H2,(H2,10,15)(H3,11,12,13). The second-order valence-electron chi connectivity index (χ2n) is 3.77. The molecule has 0 bridgehead atoms. The number of hydrogen-bond acceptors (Lipinski definition) is 3. The first-order chi connectivity index (χ1) is 7.09. The predicted octanol–water partition coefficient (Wildman–Crippen LogP) is -1.32. The van der Waals surface area contributed by atoms with E-state index in [1.54, 1.807) is 0 Å². The van der Waals surface area contributed by atoms with E-state index in [0.29, 0.717) is 6.04 Å². The molecule has 1 unspecified atom stereocenters. The molecule has 6 heteroatoms. The molecule has 1 aliphatic rings. The summed E-state index contributed by atoms with van der Waals surface area (Å²) >= 11 is 0. The van der Waals surface area contributed by atoms with Crippen molar-refractivity contribution in [1.29, 1.82) is 0 Å². The van der Waals surface area contributed by atoms with Gasteiger partial charge < -0.3 is 21.9 Å². The molecule has 1 atom stereocenters. The molecule has 0 spiro atoms. The average molecular weight is 214 g/mol. The van der Waals surface area contributed by atoms with Gasteiger partial charge in [-0.25, -0.2) is 0 Å². The third-order valence-corrected chi connectivity index (χ3v) is 2.47. The Morgan fingerprint density at radius 3 is 2.60 bits per heavy atom. The Morgan fingerprint density at radius 2 is 2.07 bits per heavy atom. The number of nitrogens with zero attached hydrogens (tertiary/aromatic N) is 1. The molecule has 6 N–H and O–H groups in total. The number of rotatable bonds is 4. The molecular weight excluding hydrogens is 196 g/mol. The Balaban J connectivity index is 2.28. The summed E-state index contributed by atoms with van der Waals surface area (Å²) in [4.78, 5) is 14.3. The Morgan fingerprint density at radius 1 is 1.47 bits per heavy atom. The Bertz CT molecular complexity index is 248. The van der Waals surface area contributed by atoms with Gasteiger partial charge in [0.15, 0.2) is 12.1 Å². The molecule has 15 heavy (non-hydrogen) atoms. The number of guanidine groups is 1. The van der Waals surface area contributed by atoms with E-state index in [9.17, 15) is 4.79 Å². The van der Waals surface area contributed by atoms with Crippen molar-refractivity contribution in [2.75, 3.05) is 6.54 Å². The van der Waals surface area contributed by atoms with E-state index in [1.165, 1.54) is 12.8 Å². The molecule has 0 aliphatic heterocycles. The minimum Gasteiger partial charge on any atom is -0.381 e. The van der Waals surface area contributed by atoms with Crippen molar-refractivity contribution in [1.82, 2.24) is 5.32 Å². The maximum absolute atomic E-state index is 10.5. The molecule has 0 aromatic heterocycles. The molecule has 0 aromatic rings. The van der Waals surface area contributed by atoms with Crippen LogP contribution in [0.3, 0.4) is 0 Å². The zero-order chi connectivity index (χ0) is 11.3. The number of aliphatic hydroxyl groups is 1. The highest BCUT2D eigenvalue weighted by molar-refractivity contribution is 5.81. The molecule has 6 nitrogen and oxygen atoms in total. The van der Waals surface area contributed by atoms with Gasteiger partial charge in [0.2, 0.25) is 5.91 Å². The molecule has 1 fully saturated rings. The minimum atomic E-state index is -1.26. The van der Waals surface area contributed by atoms with E-state index < -0.39 is 12.0 Å². The van der Waals surface area contributed by atoms with Crippen molar-refractivity contribution >= 4 is 11.9 Å². The van der Waals surface area contributed by atoms with E-state index in [0.717, 1.165) is 12.8 Å². The number of aliphatic hydroxyl groups excluding tert-OH is 1. The van der Waals surface area contributed by atoms with Gasteiger partial charge in [-0.2, -0.15) is 0 Å². The molecular formula is C9H18N4O2. The normalized spacial score (nSPS) is 20.2. The zero-order valence-corrected chi connectivity index (χ0v) is 8.65. The lowest BCUT2D eigenvalue weighted by Gasteiger charge is -2.12. The lowest BCUT2D eigenvalue weighted by Crippen LogP contribution is -2.40. The first-order valence-electron chi connectivity index (χ1n) is 5.13. The molecule has 0 heterocycles. The summed E-state index contributed by atoms with van der Waals surface area (Å²) in [5.74, 6) is -0.519. The summed E-state index contributed by atoms with van der Waals surface area (Å²) in [5, 5.41) is 12.1. The third-order valence-electron chi connectivity index (χ3n) is 2.47. The van der Waals surface area contributed by atoms with Crippen LogP contribution in [0.5, 0.6) is 0 Å². The van der Waals surface area contributed by atoms with Gasteiger partial charge in [0.1, 0.15) is 0 Å². The number of hydrogen-bond donors (Lipinski definition) is 4. The van der Waals surface area contributed by atoms with Crippen LogP contribution >= 0.6 is 0 Å². The number of nitrogens with one attached hydrogen (secondary N) is 1. The van der Waals surface area contributed by atoms with E-state index >= 15 is 0 Å². The molecule has 1 saturated carbocycles. The average Bonchev–Trinajstić information content (AvgIpc) is 2.66. The maximum Gasteiger partial charge on any atom is 0.248 e.